The first-order valence-electron chi connectivity index (χ1n) is 5.17. The second-order valence-corrected chi connectivity index (χ2v) is 8.41. The monoisotopic (exact) mass is 380 g/mol. The van der Waals surface area contributed by atoms with Gasteiger partial charge in [-0.25, -0.2) is 13.1 Å². The molecule has 0 atom stereocenters. The maximum atomic E-state index is 12.1. The molecule has 2 rings (SSSR count). The molecule has 19 heavy (non-hydrogen) atoms. The average molecular weight is 382 g/mol. The Bertz CT molecular complexity index is 700. The lowest BCUT2D eigenvalue weighted by Gasteiger charge is -2.08. The molecule has 102 valence electrons. The van der Waals surface area contributed by atoms with Gasteiger partial charge in [0.25, 0.3) is 0 Å². The van der Waals surface area contributed by atoms with Gasteiger partial charge in [0.2, 0.25) is 10.0 Å². The number of benzene rings is 1. The first-order valence-corrected chi connectivity index (χ1v) is 8.64. The zero-order valence-electron chi connectivity index (χ0n) is 9.56. The number of thiophene rings is 1. The van der Waals surface area contributed by atoms with Crippen molar-refractivity contribution in [3.05, 3.63) is 44.0 Å². The van der Waals surface area contributed by atoms with Crippen LogP contribution in [-0.2, 0) is 16.6 Å². The van der Waals surface area contributed by atoms with Crippen LogP contribution in [-0.4, -0.2) is 8.42 Å². The lowest BCUT2D eigenvalue weighted by atomic mass is 10.3. The molecular weight excluding hydrogens is 372 g/mol. The molecule has 0 unspecified atom stereocenters. The van der Waals surface area contributed by atoms with E-state index in [4.69, 9.17) is 17.3 Å². The van der Waals surface area contributed by atoms with Crippen LogP contribution in [0.3, 0.4) is 0 Å². The van der Waals surface area contributed by atoms with Crippen LogP contribution < -0.4 is 10.5 Å². The molecule has 0 spiro atoms. The maximum Gasteiger partial charge on any atom is 0.242 e. The molecule has 3 N–H and O–H groups in total. The highest BCUT2D eigenvalue weighted by Crippen LogP contribution is 2.25. The molecule has 8 heteroatoms. The molecule has 1 heterocycles. The van der Waals surface area contributed by atoms with Crippen LogP contribution in [0.5, 0.6) is 0 Å². The van der Waals surface area contributed by atoms with Gasteiger partial charge in [-0.05, 0) is 46.3 Å². The largest absolute Gasteiger partial charge is 0.399 e. The first kappa shape index (κ1) is 14.8. The number of rotatable bonds is 4. The molecule has 0 fully saturated rings. The molecule has 4 nitrogen and oxygen atoms in total. The number of hydrogen-bond acceptors (Lipinski definition) is 4. The van der Waals surface area contributed by atoms with E-state index in [2.05, 4.69) is 20.7 Å². The molecule has 0 aliphatic heterocycles. The van der Waals surface area contributed by atoms with E-state index in [1.807, 2.05) is 12.1 Å². The lowest BCUT2D eigenvalue weighted by molar-refractivity contribution is 0.582. The van der Waals surface area contributed by atoms with E-state index in [1.54, 1.807) is 0 Å². The Balaban J connectivity index is 2.18. The Kier molecular flexibility index (Phi) is 4.52. The average Bonchev–Trinajstić information content (AvgIpc) is 2.72. The standard InChI is InChI=1S/C11H10BrClN2O2S2/c12-11-4-2-8(18-11)6-15-19(16,17)10-3-1-7(14)5-9(10)13/h1-5,15H,6,14H2. The fraction of sp³-hybridized carbons (Fsp3) is 0.0909. The smallest absolute Gasteiger partial charge is 0.242 e. The van der Waals surface area contributed by atoms with Gasteiger partial charge in [-0.3, -0.25) is 0 Å². The normalized spacial score (nSPS) is 11.7. The van der Waals surface area contributed by atoms with Crippen molar-refractivity contribution >= 4 is 54.6 Å². The fourth-order valence-electron chi connectivity index (χ4n) is 1.43. The lowest BCUT2D eigenvalue weighted by Crippen LogP contribution is -2.23. The number of halogens is 2. The van der Waals surface area contributed by atoms with Gasteiger partial charge in [0.05, 0.1) is 8.81 Å². The molecule has 0 aliphatic rings. The summed E-state index contributed by atoms with van der Waals surface area (Å²) in [5, 5.41) is 0.111. The number of sulfonamides is 1. The first-order chi connectivity index (χ1) is 8.88. The van der Waals surface area contributed by atoms with Gasteiger partial charge in [0.1, 0.15) is 4.90 Å². The van der Waals surface area contributed by atoms with Crippen LogP contribution in [0.2, 0.25) is 5.02 Å². The number of nitrogens with two attached hydrogens (primary N) is 1. The quantitative estimate of drug-likeness (QED) is 0.799. The summed E-state index contributed by atoms with van der Waals surface area (Å²) in [5.74, 6) is 0. The third-order valence-corrected chi connectivity index (χ3v) is 5.82. The minimum atomic E-state index is -3.64. The molecule has 1 aromatic heterocycles. The number of anilines is 1. The fourth-order valence-corrected chi connectivity index (χ4v) is 4.50. The van der Waals surface area contributed by atoms with Crippen LogP contribution in [0.1, 0.15) is 4.88 Å². The van der Waals surface area contributed by atoms with Gasteiger partial charge < -0.3 is 5.73 Å². The highest BCUT2D eigenvalue weighted by atomic mass is 79.9. The van der Waals surface area contributed by atoms with Gasteiger partial charge in [0.15, 0.2) is 0 Å². The predicted octanol–water partition coefficient (Wildman–Crippen LogP) is 3.22. The van der Waals surface area contributed by atoms with Gasteiger partial charge >= 0.3 is 0 Å². The van der Waals surface area contributed by atoms with E-state index in [9.17, 15) is 8.42 Å². The van der Waals surface area contributed by atoms with E-state index in [0.717, 1.165) is 8.66 Å². The Hall–Kier alpha value is -0.600. The van der Waals surface area contributed by atoms with Gasteiger partial charge in [-0.15, -0.1) is 11.3 Å². The maximum absolute atomic E-state index is 12.1. The number of hydrogen-bond donors (Lipinski definition) is 2. The molecule has 0 bridgehead atoms. The molecular formula is C11H10BrClN2O2S2. The van der Waals surface area contributed by atoms with Crippen LogP contribution in [0.15, 0.2) is 39.0 Å². The van der Waals surface area contributed by atoms with Crippen molar-refractivity contribution < 1.29 is 8.42 Å². The Morgan fingerprint density at radius 1 is 1.32 bits per heavy atom. The van der Waals surface area contributed by atoms with E-state index in [0.29, 0.717) is 5.69 Å². The summed E-state index contributed by atoms with van der Waals surface area (Å²) < 4.78 is 27.7. The van der Waals surface area contributed by atoms with Gasteiger partial charge in [0, 0.05) is 17.1 Å². The zero-order chi connectivity index (χ0) is 14.0. The Labute approximate surface area is 128 Å². The third kappa shape index (κ3) is 3.70. The highest BCUT2D eigenvalue weighted by Gasteiger charge is 2.17. The third-order valence-electron chi connectivity index (χ3n) is 2.31. The molecule has 0 saturated carbocycles. The van der Waals surface area contributed by atoms with Crippen molar-refractivity contribution in [2.45, 2.75) is 11.4 Å². The van der Waals surface area contributed by atoms with Crippen molar-refractivity contribution in [2.24, 2.45) is 0 Å². The highest BCUT2D eigenvalue weighted by molar-refractivity contribution is 9.11. The Morgan fingerprint density at radius 2 is 2.05 bits per heavy atom. The van der Waals surface area contributed by atoms with E-state index in [-0.39, 0.29) is 16.5 Å². The predicted molar refractivity (Wildman–Crippen MR) is 81.9 cm³/mol. The number of nitrogens with one attached hydrogen (secondary N) is 1. The SMILES string of the molecule is Nc1ccc(S(=O)(=O)NCc2ccc(Br)s2)c(Cl)c1. The second kappa shape index (κ2) is 5.80. The minimum Gasteiger partial charge on any atom is -0.399 e. The van der Waals surface area contributed by atoms with E-state index in [1.165, 1.54) is 29.5 Å². The van der Waals surface area contributed by atoms with Crippen molar-refractivity contribution in [3.63, 3.8) is 0 Å². The minimum absolute atomic E-state index is 0.0268. The summed E-state index contributed by atoms with van der Waals surface area (Å²) in [6, 6.07) is 8.02. The molecule has 0 aliphatic carbocycles. The summed E-state index contributed by atoms with van der Waals surface area (Å²) in [5.41, 5.74) is 5.96. The number of nitrogen functional groups attached to an aromatic ring is 1. The summed E-state index contributed by atoms with van der Waals surface area (Å²) >= 11 is 10.7. The van der Waals surface area contributed by atoms with Crippen molar-refractivity contribution in [2.75, 3.05) is 5.73 Å². The van der Waals surface area contributed by atoms with E-state index >= 15 is 0 Å². The van der Waals surface area contributed by atoms with E-state index < -0.39 is 10.0 Å². The summed E-state index contributed by atoms with van der Waals surface area (Å²) in [7, 11) is -3.64. The van der Waals surface area contributed by atoms with Gasteiger partial charge in [-0.2, -0.15) is 0 Å². The summed E-state index contributed by atoms with van der Waals surface area (Å²) in [6.45, 7) is 0.222. The molecule has 0 amide bonds. The van der Waals surface area contributed by atoms with Crippen molar-refractivity contribution in [3.8, 4) is 0 Å². The van der Waals surface area contributed by atoms with Crippen LogP contribution in [0.4, 0.5) is 5.69 Å². The zero-order valence-corrected chi connectivity index (χ0v) is 13.5. The second-order valence-electron chi connectivity index (χ2n) is 3.72. The van der Waals surface area contributed by atoms with Crippen LogP contribution in [0, 0.1) is 0 Å². The van der Waals surface area contributed by atoms with Crippen LogP contribution in [0.25, 0.3) is 0 Å². The molecule has 0 radical (unpaired) electrons. The molecule has 2 aromatic rings. The topological polar surface area (TPSA) is 72.2 Å². The summed E-state index contributed by atoms with van der Waals surface area (Å²) in [4.78, 5) is 0.931. The molecule has 1 aromatic carbocycles. The summed E-state index contributed by atoms with van der Waals surface area (Å²) in [6.07, 6.45) is 0. The van der Waals surface area contributed by atoms with Crippen molar-refractivity contribution in [1.29, 1.82) is 0 Å². The van der Waals surface area contributed by atoms with Crippen LogP contribution >= 0.6 is 38.9 Å². The molecule has 0 saturated heterocycles. The van der Waals surface area contributed by atoms with Gasteiger partial charge in [-0.1, -0.05) is 11.6 Å². The van der Waals surface area contributed by atoms with Crippen molar-refractivity contribution in [1.82, 2.24) is 4.72 Å². The Morgan fingerprint density at radius 3 is 2.63 bits per heavy atom.